The molecular weight excluding hydrogens is 286 g/mol. The first-order valence-electron chi connectivity index (χ1n) is 7.82. The maximum atomic E-state index is 13.5. The molecule has 1 saturated heterocycles. The third-order valence-corrected chi connectivity index (χ3v) is 4.09. The summed E-state index contributed by atoms with van der Waals surface area (Å²) >= 11 is 0. The number of rotatable bonds is 6. The number of halogens is 2. The van der Waals surface area contributed by atoms with Crippen molar-refractivity contribution in [2.24, 2.45) is 10.7 Å². The van der Waals surface area contributed by atoms with Gasteiger partial charge in [-0.05, 0) is 56.1 Å². The molecule has 1 unspecified atom stereocenters. The molecule has 0 radical (unpaired) electrons. The van der Waals surface area contributed by atoms with E-state index in [1.54, 1.807) is 0 Å². The van der Waals surface area contributed by atoms with Crippen molar-refractivity contribution in [2.75, 3.05) is 26.2 Å². The fourth-order valence-electron chi connectivity index (χ4n) is 2.84. The first-order valence-corrected chi connectivity index (χ1v) is 7.82. The molecule has 0 bridgehead atoms. The molecule has 1 aromatic rings. The van der Waals surface area contributed by atoms with Crippen LogP contribution in [0.4, 0.5) is 8.78 Å². The van der Waals surface area contributed by atoms with Crippen LogP contribution in [0.25, 0.3) is 0 Å². The fraction of sp³-hybridized carbons (Fsp3) is 0.562. The van der Waals surface area contributed by atoms with Gasteiger partial charge in [0.05, 0.1) is 6.54 Å². The van der Waals surface area contributed by atoms with Gasteiger partial charge >= 0.3 is 0 Å². The largest absolute Gasteiger partial charge is 0.370 e. The van der Waals surface area contributed by atoms with Crippen molar-refractivity contribution in [3.8, 4) is 0 Å². The van der Waals surface area contributed by atoms with Crippen molar-refractivity contribution in [2.45, 2.75) is 32.2 Å². The minimum Gasteiger partial charge on any atom is -0.370 e. The van der Waals surface area contributed by atoms with E-state index < -0.39 is 11.6 Å². The second-order valence-electron chi connectivity index (χ2n) is 5.56. The Balaban J connectivity index is 1.76. The molecular formula is C16H24F2N4. The highest BCUT2D eigenvalue weighted by atomic mass is 19.1. The van der Waals surface area contributed by atoms with E-state index in [0.29, 0.717) is 37.1 Å². The van der Waals surface area contributed by atoms with Crippen LogP contribution in [0.5, 0.6) is 0 Å². The first-order chi connectivity index (χ1) is 10.6. The van der Waals surface area contributed by atoms with Crippen LogP contribution in [-0.2, 0) is 6.42 Å². The molecule has 0 aliphatic carbocycles. The molecule has 0 aromatic heterocycles. The summed E-state index contributed by atoms with van der Waals surface area (Å²) in [5.74, 6) is -0.470. The molecule has 0 amide bonds. The third-order valence-electron chi connectivity index (χ3n) is 4.09. The summed E-state index contributed by atoms with van der Waals surface area (Å²) in [5, 5.41) is 2.95. The van der Waals surface area contributed by atoms with Gasteiger partial charge in [-0.1, -0.05) is 6.92 Å². The maximum Gasteiger partial charge on any atom is 0.188 e. The van der Waals surface area contributed by atoms with Crippen LogP contribution in [0.2, 0.25) is 0 Å². The normalized spacial score (nSPS) is 19.6. The molecule has 1 aliphatic heterocycles. The highest BCUT2D eigenvalue weighted by Gasteiger charge is 2.22. The van der Waals surface area contributed by atoms with E-state index in [2.05, 4.69) is 22.1 Å². The molecule has 1 aromatic carbocycles. The van der Waals surface area contributed by atoms with Crippen molar-refractivity contribution in [1.29, 1.82) is 0 Å². The zero-order valence-corrected chi connectivity index (χ0v) is 13.0. The summed E-state index contributed by atoms with van der Waals surface area (Å²) in [7, 11) is 0. The van der Waals surface area contributed by atoms with Gasteiger partial charge in [0, 0.05) is 12.6 Å². The molecule has 22 heavy (non-hydrogen) atoms. The minimum absolute atomic E-state index is 0.341. The van der Waals surface area contributed by atoms with E-state index in [-0.39, 0.29) is 0 Å². The molecule has 0 saturated carbocycles. The monoisotopic (exact) mass is 310 g/mol. The summed E-state index contributed by atoms with van der Waals surface area (Å²) in [6.07, 6.45) is 2.73. The Morgan fingerprint density at radius 1 is 1.45 bits per heavy atom. The van der Waals surface area contributed by atoms with E-state index in [0.717, 1.165) is 31.6 Å². The Hall–Kier alpha value is -1.69. The zero-order chi connectivity index (χ0) is 15.9. The van der Waals surface area contributed by atoms with Crippen LogP contribution >= 0.6 is 0 Å². The van der Waals surface area contributed by atoms with Gasteiger partial charge in [0.15, 0.2) is 5.96 Å². The van der Waals surface area contributed by atoms with Crippen molar-refractivity contribution in [3.63, 3.8) is 0 Å². The molecule has 1 fully saturated rings. The van der Waals surface area contributed by atoms with E-state index in [1.165, 1.54) is 12.5 Å². The van der Waals surface area contributed by atoms with Crippen LogP contribution in [0, 0.1) is 11.6 Å². The summed E-state index contributed by atoms with van der Waals surface area (Å²) in [5.41, 5.74) is 6.16. The van der Waals surface area contributed by atoms with Crippen molar-refractivity contribution in [3.05, 3.63) is 35.4 Å². The number of hydrogen-bond acceptors (Lipinski definition) is 2. The highest BCUT2D eigenvalue weighted by Crippen LogP contribution is 2.16. The van der Waals surface area contributed by atoms with E-state index in [9.17, 15) is 8.78 Å². The lowest BCUT2D eigenvalue weighted by Gasteiger charge is -2.20. The number of likely N-dealkylation sites (tertiary alicyclic amines) is 1. The van der Waals surface area contributed by atoms with E-state index in [1.807, 2.05) is 0 Å². The number of nitrogens with zero attached hydrogens (tertiary/aromatic N) is 2. The van der Waals surface area contributed by atoms with Crippen molar-refractivity contribution < 1.29 is 8.78 Å². The second-order valence-corrected chi connectivity index (χ2v) is 5.56. The highest BCUT2D eigenvalue weighted by molar-refractivity contribution is 5.77. The summed E-state index contributed by atoms with van der Waals surface area (Å²) in [4.78, 5) is 6.75. The van der Waals surface area contributed by atoms with Gasteiger partial charge in [-0.2, -0.15) is 0 Å². The molecule has 2 rings (SSSR count). The lowest BCUT2D eigenvalue weighted by atomic mass is 10.1. The Morgan fingerprint density at radius 2 is 2.27 bits per heavy atom. The number of guanidine groups is 1. The standard InChI is InChI=1S/C16H24F2N4/c1-2-22-9-3-4-14(22)11-21-16(19)20-8-7-12-10-13(17)5-6-15(12)18/h5-6,10,14H,2-4,7-9,11H2,1H3,(H3,19,20,21). The van der Waals surface area contributed by atoms with Crippen LogP contribution < -0.4 is 11.1 Å². The average molecular weight is 310 g/mol. The molecule has 122 valence electrons. The van der Waals surface area contributed by atoms with Crippen molar-refractivity contribution in [1.82, 2.24) is 10.2 Å². The van der Waals surface area contributed by atoms with Gasteiger partial charge in [0.1, 0.15) is 11.6 Å². The topological polar surface area (TPSA) is 53.6 Å². The van der Waals surface area contributed by atoms with Gasteiger partial charge in [-0.25, -0.2) is 8.78 Å². The molecule has 1 atom stereocenters. The van der Waals surface area contributed by atoms with Gasteiger partial charge in [-0.3, -0.25) is 9.89 Å². The molecule has 1 aliphatic rings. The molecule has 0 spiro atoms. The van der Waals surface area contributed by atoms with Crippen LogP contribution in [0.1, 0.15) is 25.3 Å². The summed E-state index contributed by atoms with van der Waals surface area (Å²) in [6, 6.07) is 3.93. The third kappa shape index (κ3) is 4.66. The van der Waals surface area contributed by atoms with Crippen LogP contribution in [-0.4, -0.2) is 43.1 Å². The van der Waals surface area contributed by atoms with E-state index >= 15 is 0 Å². The Kier molecular flexibility index (Phi) is 6.12. The first kappa shape index (κ1) is 16.7. The minimum atomic E-state index is -0.432. The van der Waals surface area contributed by atoms with Crippen LogP contribution in [0.15, 0.2) is 23.2 Å². The fourth-order valence-corrected chi connectivity index (χ4v) is 2.84. The molecule has 1 heterocycles. The molecule has 3 N–H and O–H groups in total. The summed E-state index contributed by atoms with van der Waals surface area (Å²) < 4.78 is 26.5. The number of hydrogen-bond donors (Lipinski definition) is 2. The molecule has 6 heteroatoms. The van der Waals surface area contributed by atoms with Gasteiger partial charge in [0.25, 0.3) is 0 Å². The number of likely N-dealkylation sites (N-methyl/N-ethyl adjacent to an activating group) is 1. The van der Waals surface area contributed by atoms with Gasteiger partial charge < -0.3 is 11.1 Å². The predicted molar refractivity (Wildman–Crippen MR) is 84.8 cm³/mol. The Morgan fingerprint density at radius 3 is 3.05 bits per heavy atom. The number of aliphatic imine (C=N–C) groups is 1. The quantitative estimate of drug-likeness (QED) is 0.623. The number of benzene rings is 1. The lowest BCUT2D eigenvalue weighted by Crippen LogP contribution is -2.36. The smallest absolute Gasteiger partial charge is 0.188 e. The second kappa shape index (κ2) is 8.08. The van der Waals surface area contributed by atoms with Gasteiger partial charge in [0.2, 0.25) is 0 Å². The molecule has 4 nitrogen and oxygen atoms in total. The predicted octanol–water partition coefficient (Wildman–Crippen LogP) is 1.90. The van der Waals surface area contributed by atoms with Crippen molar-refractivity contribution >= 4 is 5.96 Å². The Bertz CT molecular complexity index is 519. The average Bonchev–Trinajstić information content (AvgIpc) is 2.96. The van der Waals surface area contributed by atoms with Crippen LogP contribution in [0.3, 0.4) is 0 Å². The zero-order valence-electron chi connectivity index (χ0n) is 13.0. The maximum absolute atomic E-state index is 13.5. The SMILES string of the molecule is CCN1CCCC1CN=C(N)NCCc1cc(F)ccc1F. The number of nitrogens with one attached hydrogen (secondary N) is 1. The van der Waals surface area contributed by atoms with Gasteiger partial charge in [-0.15, -0.1) is 0 Å². The number of nitrogens with two attached hydrogens (primary N) is 1. The Labute approximate surface area is 130 Å². The van der Waals surface area contributed by atoms with E-state index in [4.69, 9.17) is 5.73 Å². The lowest BCUT2D eigenvalue weighted by molar-refractivity contribution is 0.273. The summed E-state index contributed by atoms with van der Waals surface area (Å²) in [6.45, 7) is 5.42.